The molecule has 0 spiro atoms. The lowest BCUT2D eigenvalue weighted by atomic mass is 10.2. The summed E-state index contributed by atoms with van der Waals surface area (Å²) in [5.41, 5.74) is 0. The van der Waals surface area contributed by atoms with Crippen molar-refractivity contribution in [2.75, 3.05) is 92.3 Å². The van der Waals surface area contributed by atoms with Crippen molar-refractivity contribution in [3.8, 4) is 0 Å². The molecule has 3 aliphatic heterocycles. The Balaban J connectivity index is 1.35. The summed E-state index contributed by atoms with van der Waals surface area (Å²) >= 11 is 0. The maximum Gasteiger partial charge on any atom is 0.0829 e. The van der Waals surface area contributed by atoms with Crippen LogP contribution in [-0.4, -0.2) is 124 Å². The molecule has 3 fully saturated rings. The summed E-state index contributed by atoms with van der Waals surface area (Å²) in [5.74, 6) is 0. The van der Waals surface area contributed by atoms with Crippen molar-refractivity contribution < 1.29 is 9.47 Å². The van der Waals surface area contributed by atoms with E-state index in [4.69, 9.17) is 9.47 Å². The third-order valence-corrected chi connectivity index (χ3v) is 5.40. The summed E-state index contributed by atoms with van der Waals surface area (Å²) in [6.07, 6.45) is 0.783. The summed E-state index contributed by atoms with van der Waals surface area (Å²) in [6, 6.07) is 0. The van der Waals surface area contributed by atoms with E-state index in [0.717, 1.165) is 85.2 Å². The van der Waals surface area contributed by atoms with E-state index in [-0.39, 0.29) is 0 Å². The molecule has 0 aromatic carbocycles. The van der Waals surface area contributed by atoms with Crippen LogP contribution in [0, 0.1) is 0 Å². The van der Waals surface area contributed by atoms with Gasteiger partial charge in [0, 0.05) is 65.4 Å². The van der Waals surface area contributed by atoms with Crippen LogP contribution in [0.1, 0.15) is 6.92 Å². The maximum absolute atomic E-state index is 5.95. The Kier molecular flexibility index (Phi) is 6.68. The molecule has 0 saturated carbocycles. The van der Waals surface area contributed by atoms with Gasteiger partial charge in [-0.25, -0.2) is 0 Å². The molecular formula is C17H34N4O2. The second kappa shape index (κ2) is 8.74. The molecule has 0 bridgehead atoms. The molecule has 3 rings (SSSR count). The molecule has 0 aliphatic carbocycles. The van der Waals surface area contributed by atoms with Crippen LogP contribution in [-0.2, 0) is 9.47 Å². The summed E-state index contributed by atoms with van der Waals surface area (Å²) < 4.78 is 11.9. The summed E-state index contributed by atoms with van der Waals surface area (Å²) in [7, 11) is 2.19. The first-order valence-electron chi connectivity index (χ1n) is 9.31. The topological polar surface area (TPSA) is 31.4 Å². The number of ether oxygens (including phenoxy) is 2. The van der Waals surface area contributed by atoms with Crippen LogP contribution < -0.4 is 0 Å². The van der Waals surface area contributed by atoms with Crippen LogP contribution in [0.25, 0.3) is 0 Å². The number of hydrogen-bond donors (Lipinski definition) is 0. The van der Waals surface area contributed by atoms with Gasteiger partial charge in [0.05, 0.1) is 25.4 Å². The fourth-order valence-corrected chi connectivity index (χ4v) is 3.89. The average molecular weight is 326 g/mol. The molecule has 6 nitrogen and oxygen atoms in total. The van der Waals surface area contributed by atoms with Crippen molar-refractivity contribution in [1.29, 1.82) is 0 Å². The Morgan fingerprint density at radius 3 is 1.87 bits per heavy atom. The fraction of sp³-hybridized carbons (Fsp3) is 1.00. The van der Waals surface area contributed by atoms with Crippen molar-refractivity contribution >= 4 is 0 Å². The van der Waals surface area contributed by atoms with Gasteiger partial charge in [-0.3, -0.25) is 14.7 Å². The first-order valence-corrected chi connectivity index (χ1v) is 9.31. The summed E-state index contributed by atoms with van der Waals surface area (Å²) in [4.78, 5) is 10.0. The predicted octanol–water partition coefficient (Wildman–Crippen LogP) is -0.345. The zero-order valence-electron chi connectivity index (χ0n) is 15.0. The maximum atomic E-state index is 5.95. The lowest BCUT2D eigenvalue weighted by Crippen LogP contribution is -2.54. The second-order valence-electron chi connectivity index (χ2n) is 7.24. The second-order valence-corrected chi connectivity index (χ2v) is 7.24. The standard InChI is InChI=1S/C17H34N4O2/c1-3-19-9-11-23-17(13-19)15-21-6-4-20(5-7-21)14-16-12-18(2)8-10-22-16/h16-17H,3-15H2,1-2H3. The van der Waals surface area contributed by atoms with E-state index in [9.17, 15) is 0 Å². The SMILES string of the molecule is CCN1CCOC(CN2CCN(CC3CN(C)CCO3)CC2)C1. The van der Waals surface area contributed by atoms with Gasteiger partial charge in [0.1, 0.15) is 0 Å². The largest absolute Gasteiger partial charge is 0.374 e. The third-order valence-electron chi connectivity index (χ3n) is 5.40. The number of rotatable bonds is 5. The first kappa shape index (κ1) is 17.6. The van der Waals surface area contributed by atoms with E-state index in [2.05, 4.69) is 33.6 Å². The molecule has 3 heterocycles. The van der Waals surface area contributed by atoms with Crippen molar-refractivity contribution in [3.05, 3.63) is 0 Å². The zero-order valence-corrected chi connectivity index (χ0v) is 15.0. The molecule has 0 N–H and O–H groups in total. The van der Waals surface area contributed by atoms with Gasteiger partial charge in [-0.15, -0.1) is 0 Å². The highest BCUT2D eigenvalue weighted by molar-refractivity contribution is 4.81. The van der Waals surface area contributed by atoms with Gasteiger partial charge in [0.15, 0.2) is 0 Å². The lowest BCUT2D eigenvalue weighted by molar-refractivity contribution is -0.0566. The van der Waals surface area contributed by atoms with Gasteiger partial charge in [0.2, 0.25) is 0 Å². The molecule has 2 unspecified atom stereocenters. The number of likely N-dealkylation sites (N-methyl/N-ethyl adjacent to an activating group) is 2. The minimum Gasteiger partial charge on any atom is -0.374 e. The van der Waals surface area contributed by atoms with E-state index < -0.39 is 0 Å². The van der Waals surface area contributed by atoms with E-state index in [1.54, 1.807) is 0 Å². The molecule has 0 radical (unpaired) electrons. The highest BCUT2D eigenvalue weighted by Crippen LogP contribution is 2.11. The van der Waals surface area contributed by atoms with E-state index in [0.29, 0.717) is 12.2 Å². The van der Waals surface area contributed by atoms with Crippen LogP contribution in [0.5, 0.6) is 0 Å². The Morgan fingerprint density at radius 2 is 1.30 bits per heavy atom. The third kappa shape index (κ3) is 5.37. The van der Waals surface area contributed by atoms with Gasteiger partial charge in [-0.2, -0.15) is 0 Å². The molecule has 0 amide bonds. The minimum absolute atomic E-state index is 0.389. The summed E-state index contributed by atoms with van der Waals surface area (Å²) in [5, 5.41) is 0. The first-order chi connectivity index (χ1) is 11.2. The van der Waals surface area contributed by atoms with Crippen LogP contribution >= 0.6 is 0 Å². The Morgan fingerprint density at radius 1 is 0.739 bits per heavy atom. The highest BCUT2D eigenvalue weighted by Gasteiger charge is 2.26. The van der Waals surface area contributed by atoms with Crippen molar-refractivity contribution in [1.82, 2.24) is 19.6 Å². The van der Waals surface area contributed by atoms with Crippen molar-refractivity contribution in [2.24, 2.45) is 0 Å². The fourth-order valence-electron chi connectivity index (χ4n) is 3.89. The Hall–Kier alpha value is -0.240. The Bertz CT molecular complexity index is 349. The van der Waals surface area contributed by atoms with Gasteiger partial charge in [-0.05, 0) is 13.6 Å². The van der Waals surface area contributed by atoms with Gasteiger partial charge in [0.25, 0.3) is 0 Å². The quantitative estimate of drug-likeness (QED) is 0.687. The highest BCUT2D eigenvalue weighted by atomic mass is 16.5. The van der Waals surface area contributed by atoms with E-state index in [1.165, 1.54) is 0 Å². The van der Waals surface area contributed by atoms with Crippen molar-refractivity contribution in [2.45, 2.75) is 19.1 Å². The van der Waals surface area contributed by atoms with Gasteiger partial charge >= 0.3 is 0 Å². The molecule has 6 heteroatoms. The van der Waals surface area contributed by atoms with Gasteiger partial charge < -0.3 is 14.4 Å². The van der Waals surface area contributed by atoms with Crippen LogP contribution in [0.15, 0.2) is 0 Å². The number of nitrogens with zero attached hydrogens (tertiary/aromatic N) is 4. The Labute approximate surface area is 141 Å². The normalized spacial score (nSPS) is 33.1. The number of hydrogen-bond acceptors (Lipinski definition) is 6. The minimum atomic E-state index is 0.389. The molecule has 0 aromatic rings. The van der Waals surface area contributed by atoms with Crippen LogP contribution in [0.3, 0.4) is 0 Å². The van der Waals surface area contributed by atoms with Crippen LogP contribution in [0.2, 0.25) is 0 Å². The zero-order chi connectivity index (χ0) is 16.1. The smallest absolute Gasteiger partial charge is 0.0829 e. The number of piperazine rings is 1. The van der Waals surface area contributed by atoms with E-state index in [1.807, 2.05) is 0 Å². The van der Waals surface area contributed by atoms with Gasteiger partial charge in [-0.1, -0.05) is 6.92 Å². The molecule has 3 saturated heterocycles. The molecule has 23 heavy (non-hydrogen) atoms. The average Bonchev–Trinajstić information content (AvgIpc) is 2.57. The predicted molar refractivity (Wildman–Crippen MR) is 92.0 cm³/mol. The summed E-state index contributed by atoms with van der Waals surface area (Å²) in [6.45, 7) is 16.3. The molecule has 0 aromatic heterocycles. The van der Waals surface area contributed by atoms with Crippen molar-refractivity contribution in [3.63, 3.8) is 0 Å². The molecule has 2 atom stereocenters. The molecular weight excluding hydrogens is 292 g/mol. The number of morpholine rings is 2. The lowest BCUT2D eigenvalue weighted by Gasteiger charge is -2.40. The molecule has 134 valence electrons. The monoisotopic (exact) mass is 326 g/mol. The van der Waals surface area contributed by atoms with E-state index >= 15 is 0 Å². The van der Waals surface area contributed by atoms with Crippen LogP contribution in [0.4, 0.5) is 0 Å². The molecule has 3 aliphatic rings.